The Kier molecular flexibility index (Phi) is 1.84. The molecule has 2 rings (SSSR count). The number of fused-ring (bicyclic) bond motifs is 1. The lowest BCUT2D eigenvalue weighted by Gasteiger charge is -2.09. The average Bonchev–Trinajstić information content (AvgIpc) is 2.69. The average molecular weight is 212 g/mol. The molecule has 66 valence electrons. The van der Waals surface area contributed by atoms with E-state index in [1.54, 1.807) is 21.6 Å². The number of aliphatic hydroxyl groups is 1. The summed E-state index contributed by atoms with van der Waals surface area (Å²) in [5.74, 6) is 0.369. The molecule has 2 aliphatic rings. The van der Waals surface area contributed by atoms with Gasteiger partial charge in [-0.2, -0.15) is 0 Å². The Hall–Kier alpha value is 0.810. The number of thiol groups is 1. The fraction of sp³-hybridized carbons (Fsp3) is 1.00. The van der Waals surface area contributed by atoms with Gasteiger partial charge in [-0.15, -0.1) is 0 Å². The van der Waals surface area contributed by atoms with Crippen molar-refractivity contribution in [2.45, 2.75) is 23.2 Å². The minimum absolute atomic E-state index is 0.108. The number of hydrogen-bond acceptors (Lipinski definition) is 4. The standard InChI is InChI=1S/C6H12O2S3/c1-2-5(4-7)3-6-9-11(6,8)10-6/h5,7,11H,2-4H2,1H3. The Bertz CT molecular complexity index is 214. The summed E-state index contributed by atoms with van der Waals surface area (Å²) in [6.45, 7) is 2.32. The third-order valence-corrected chi connectivity index (χ3v) is 13.4. The summed E-state index contributed by atoms with van der Waals surface area (Å²) >= 11 is 0. The van der Waals surface area contributed by atoms with Crippen molar-refractivity contribution in [1.29, 1.82) is 0 Å². The van der Waals surface area contributed by atoms with Crippen LogP contribution in [0.4, 0.5) is 0 Å². The Labute approximate surface area is 74.7 Å². The van der Waals surface area contributed by atoms with E-state index in [0.717, 1.165) is 12.8 Å². The van der Waals surface area contributed by atoms with E-state index in [2.05, 4.69) is 6.92 Å². The van der Waals surface area contributed by atoms with Crippen LogP contribution in [0.1, 0.15) is 19.8 Å². The van der Waals surface area contributed by atoms with E-state index in [1.165, 1.54) is 0 Å². The van der Waals surface area contributed by atoms with Gasteiger partial charge in [0, 0.05) is 14.6 Å². The molecule has 2 aliphatic heterocycles. The summed E-state index contributed by atoms with van der Waals surface area (Å²) < 4.78 is 11.4. The van der Waals surface area contributed by atoms with Crippen LogP contribution in [0.5, 0.6) is 0 Å². The molecule has 0 spiro atoms. The minimum Gasteiger partial charge on any atom is -0.396 e. The van der Waals surface area contributed by atoms with Crippen LogP contribution in [0, 0.1) is 5.92 Å². The van der Waals surface area contributed by atoms with Crippen molar-refractivity contribution in [3.05, 3.63) is 0 Å². The first kappa shape index (κ1) is 8.41. The first-order valence-corrected chi connectivity index (χ1v) is 8.33. The fourth-order valence-electron chi connectivity index (χ4n) is 1.23. The van der Waals surface area contributed by atoms with Crippen molar-refractivity contribution in [1.82, 2.24) is 0 Å². The molecule has 11 heavy (non-hydrogen) atoms. The first-order valence-electron chi connectivity index (χ1n) is 3.78. The lowest BCUT2D eigenvalue weighted by atomic mass is 10.1. The number of hydrogen-bond donors (Lipinski definition) is 2. The number of aliphatic hydroxyl groups excluding tert-OH is 1. The highest BCUT2D eigenvalue weighted by molar-refractivity contribution is 9.38. The summed E-state index contributed by atoms with van der Waals surface area (Å²) in [4.78, 5) is 0. The second-order valence-electron chi connectivity index (χ2n) is 3.05. The van der Waals surface area contributed by atoms with Crippen LogP contribution < -0.4 is 0 Å². The third kappa shape index (κ3) is 1.17. The Morgan fingerprint density at radius 2 is 2.18 bits per heavy atom. The molecule has 1 unspecified atom stereocenters. The van der Waals surface area contributed by atoms with Crippen LogP contribution in [0.15, 0.2) is 0 Å². The van der Waals surface area contributed by atoms with Gasteiger partial charge >= 0.3 is 0 Å². The van der Waals surface area contributed by atoms with Crippen LogP contribution in [-0.2, 0) is 8.00 Å². The highest BCUT2D eigenvalue weighted by atomic mass is 33.6. The van der Waals surface area contributed by atoms with Gasteiger partial charge < -0.3 is 5.11 Å². The van der Waals surface area contributed by atoms with Crippen LogP contribution in [0.2, 0.25) is 0 Å². The van der Waals surface area contributed by atoms with Gasteiger partial charge in [-0.1, -0.05) is 13.3 Å². The summed E-state index contributed by atoms with van der Waals surface area (Å²) in [5, 5.41) is 8.91. The van der Waals surface area contributed by atoms with Crippen molar-refractivity contribution in [2.24, 2.45) is 5.92 Å². The van der Waals surface area contributed by atoms with Gasteiger partial charge in [0.25, 0.3) is 0 Å². The van der Waals surface area contributed by atoms with Gasteiger partial charge in [-0.3, -0.25) is 4.21 Å². The highest BCUT2D eigenvalue weighted by Crippen LogP contribution is 2.94. The fourth-order valence-corrected chi connectivity index (χ4v) is 11.8. The minimum atomic E-state index is -1.71. The third-order valence-electron chi connectivity index (χ3n) is 2.26. The Morgan fingerprint density at radius 1 is 1.64 bits per heavy atom. The zero-order valence-electron chi connectivity index (χ0n) is 6.32. The maximum Gasteiger partial charge on any atom is 0.154 e. The van der Waals surface area contributed by atoms with Gasteiger partial charge in [0.1, 0.15) is 0 Å². The Balaban J connectivity index is 1.87. The molecule has 5 heteroatoms. The van der Waals surface area contributed by atoms with Crippen molar-refractivity contribution in [2.75, 3.05) is 6.61 Å². The molecule has 0 bridgehead atoms. The monoisotopic (exact) mass is 212 g/mol. The molecule has 2 heterocycles. The molecule has 2 saturated heterocycles. The molecule has 1 N–H and O–H groups in total. The summed E-state index contributed by atoms with van der Waals surface area (Å²) in [6.07, 6.45) is 1.95. The van der Waals surface area contributed by atoms with E-state index >= 15 is 0 Å². The molecule has 0 aliphatic carbocycles. The molecule has 1 atom stereocenters. The van der Waals surface area contributed by atoms with Crippen LogP contribution >= 0.6 is 21.6 Å². The lowest BCUT2D eigenvalue weighted by Crippen LogP contribution is -2.08. The summed E-state index contributed by atoms with van der Waals surface area (Å²) in [5.41, 5.74) is 0. The maximum atomic E-state index is 11.3. The van der Waals surface area contributed by atoms with Crippen molar-refractivity contribution >= 4 is 29.6 Å². The molecule has 0 aromatic heterocycles. The van der Waals surface area contributed by atoms with Crippen molar-refractivity contribution in [3.8, 4) is 0 Å². The molecule has 0 amide bonds. The summed E-state index contributed by atoms with van der Waals surface area (Å²) in [7, 11) is 1.56. The molecule has 2 nitrogen and oxygen atoms in total. The normalized spacial score (nSPS) is 42.4. The quantitative estimate of drug-likeness (QED) is 0.419. The molecular formula is C6H12O2S3. The van der Waals surface area contributed by atoms with Gasteiger partial charge in [0.05, 0.1) is 0 Å². The van der Waals surface area contributed by atoms with Crippen LogP contribution in [0.25, 0.3) is 0 Å². The topological polar surface area (TPSA) is 37.3 Å². The van der Waals surface area contributed by atoms with Gasteiger partial charge in [0.15, 0.2) is 3.41 Å². The molecule has 0 aromatic carbocycles. The van der Waals surface area contributed by atoms with Crippen LogP contribution in [-0.4, -0.2) is 19.3 Å². The van der Waals surface area contributed by atoms with E-state index < -0.39 is 8.00 Å². The van der Waals surface area contributed by atoms with Gasteiger partial charge in [0.2, 0.25) is 0 Å². The van der Waals surface area contributed by atoms with Crippen LogP contribution in [0.3, 0.4) is 0 Å². The second kappa shape index (κ2) is 2.40. The van der Waals surface area contributed by atoms with Crippen molar-refractivity contribution < 1.29 is 9.32 Å². The predicted octanol–water partition coefficient (Wildman–Crippen LogP) is 1.39. The smallest absolute Gasteiger partial charge is 0.154 e. The van der Waals surface area contributed by atoms with Gasteiger partial charge in [-0.05, 0) is 33.9 Å². The lowest BCUT2D eigenvalue weighted by molar-refractivity contribution is 0.218. The molecule has 2 fully saturated rings. The SMILES string of the molecule is CCC(CO)CC12S[SH]1(=O)S2. The molecular weight excluding hydrogens is 200 g/mol. The van der Waals surface area contributed by atoms with E-state index in [0.29, 0.717) is 5.92 Å². The second-order valence-corrected chi connectivity index (χ2v) is 12.3. The largest absolute Gasteiger partial charge is 0.396 e. The maximum absolute atomic E-state index is 11.3. The molecule has 0 aromatic rings. The predicted molar refractivity (Wildman–Crippen MR) is 52.9 cm³/mol. The van der Waals surface area contributed by atoms with E-state index in [9.17, 15) is 4.21 Å². The number of rotatable bonds is 4. The first-order chi connectivity index (χ1) is 5.16. The zero-order chi connectivity index (χ0) is 8.11. The van der Waals surface area contributed by atoms with Crippen molar-refractivity contribution in [3.63, 3.8) is 0 Å². The zero-order valence-corrected chi connectivity index (χ0v) is 8.85. The van der Waals surface area contributed by atoms with E-state index in [1.807, 2.05) is 0 Å². The molecule has 0 saturated carbocycles. The van der Waals surface area contributed by atoms with Gasteiger partial charge in [-0.25, -0.2) is 0 Å². The Morgan fingerprint density at radius 3 is 2.45 bits per heavy atom. The molecule has 0 radical (unpaired) electrons. The van der Waals surface area contributed by atoms with E-state index in [4.69, 9.17) is 5.11 Å². The summed E-state index contributed by atoms with van der Waals surface area (Å²) in [6, 6.07) is 0. The highest BCUT2D eigenvalue weighted by Gasteiger charge is 2.80. The van der Waals surface area contributed by atoms with E-state index in [-0.39, 0.29) is 10.0 Å².